The first kappa shape index (κ1) is 20.3. The highest BCUT2D eigenvalue weighted by molar-refractivity contribution is 5.63. The molecule has 3 atom stereocenters. The summed E-state index contributed by atoms with van der Waals surface area (Å²) in [5.74, 6) is 1.75. The third-order valence-electron chi connectivity index (χ3n) is 6.61. The van der Waals surface area contributed by atoms with Gasteiger partial charge in [-0.1, -0.05) is 30.4 Å². The molecule has 0 saturated heterocycles. The fourth-order valence-electron chi connectivity index (χ4n) is 5.12. The Bertz CT molecular complexity index is 1180. The van der Waals surface area contributed by atoms with Crippen LogP contribution in [0.25, 0.3) is 0 Å². The molecule has 5 nitrogen and oxygen atoms in total. The van der Waals surface area contributed by atoms with Crippen LogP contribution < -0.4 is 10.1 Å². The molecule has 0 fully saturated rings. The third kappa shape index (κ3) is 3.75. The molecule has 0 bridgehead atoms. The summed E-state index contributed by atoms with van der Waals surface area (Å²) in [5.41, 5.74) is 7.58. The number of anilines is 1. The standard InChI is InChI=1S/C27H26N2O3/c1-17-14-18(2)26-23-4-3-5-24(23)27(28-25(26)15-17)20-8-12-22(13-9-20)32-16-19-6-10-21(11-7-19)29(30)31/h3-4,6-15,23-24,27-28H,5,16H2,1-2H3/t23-,24+,27+/m1/s1. The monoisotopic (exact) mass is 426 g/mol. The summed E-state index contributed by atoms with van der Waals surface area (Å²) in [7, 11) is 0. The third-order valence-corrected chi connectivity index (χ3v) is 6.61. The molecular weight excluding hydrogens is 400 g/mol. The van der Waals surface area contributed by atoms with Crippen molar-refractivity contribution in [2.24, 2.45) is 5.92 Å². The Morgan fingerprint density at radius 3 is 2.53 bits per heavy atom. The first-order valence-corrected chi connectivity index (χ1v) is 11.0. The van der Waals surface area contributed by atoms with Crippen LogP contribution in [0.4, 0.5) is 11.4 Å². The Hall–Kier alpha value is -3.60. The maximum Gasteiger partial charge on any atom is 0.269 e. The van der Waals surface area contributed by atoms with Crippen molar-refractivity contribution in [1.82, 2.24) is 0 Å². The minimum atomic E-state index is -0.395. The van der Waals surface area contributed by atoms with Crippen molar-refractivity contribution in [3.05, 3.63) is 111 Å². The molecule has 162 valence electrons. The molecule has 5 rings (SSSR count). The van der Waals surface area contributed by atoms with Gasteiger partial charge in [0.15, 0.2) is 0 Å². The van der Waals surface area contributed by atoms with Gasteiger partial charge in [-0.15, -0.1) is 0 Å². The maximum atomic E-state index is 10.8. The fourth-order valence-corrected chi connectivity index (χ4v) is 5.12. The van der Waals surface area contributed by atoms with E-state index in [-0.39, 0.29) is 11.7 Å². The predicted molar refractivity (Wildman–Crippen MR) is 126 cm³/mol. The van der Waals surface area contributed by atoms with E-state index in [1.165, 1.54) is 40.1 Å². The van der Waals surface area contributed by atoms with E-state index in [0.29, 0.717) is 18.4 Å². The molecule has 0 unspecified atom stereocenters. The lowest BCUT2D eigenvalue weighted by Crippen LogP contribution is -2.29. The highest BCUT2D eigenvalue weighted by Gasteiger charge is 2.38. The molecule has 32 heavy (non-hydrogen) atoms. The zero-order valence-corrected chi connectivity index (χ0v) is 18.2. The Morgan fingerprint density at radius 2 is 1.81 bits per heavy atom. The van der Waals surface area contributed by atoms with Crippen LogP contribution in [0.2, 0.25) is 0 Å². The summed E-state index contributed by atoms with van der Waals surface area (Å²) < 4.78 is 5.91. The molecule has 0 spiro atoms. The van der Waals surface area contributed by atoms with Crippen LogP contribution in [0.15, 0.2) is 72.8 Å². The summed E-state index contributed by atoms with van der Waals surface area (Å²) in [6.07, 6.45) is 5.77. The van der Waals surface area contributed by atoms with Gasteiger partial charge >= 0.3 is 0 Å². The summed E-state index contributed by atoms with van der Waals surface area (Å²) in [6, 6.07) is 19.6. The van der Waals surface area contributed by atoms with Gasteiger partial charge in [0.05, 0.1) is 11.0 Å². The lowest BCUT2D eigenvalue weighted by molar-refractivity contribution is -0.384. The quantitative estimate of drug-likeness (QED) is 0.283. The Labute approximate surface area is 187 Å². The van der Waals surface area contributed by atoms with Crippen LogP contribution in [0.3, 0.4) is 0 Å². The van der Waals surface area contributed by atoms with Crippen molar-refractivity contribution in [2.75, 3.05) is 5.32 Å². The molecule has 0 amide bonds. The molecule has 0 radical (unpaired) electrons. The van der Waals surface area contributed by atoms with E-state index in [1.807, 2.05) is 12.1 Å². The summed E-state index contributed by atoms with van der Waals surface area (Å²) in [5, 5.41) is 14.6. The van der Waals surface area contributed by atoms with E-state index >= 15 is 0 Å². The van der Waals surface area contributed by atoms with Crippen molar-refractivity contribution in [3.63, 3.8) is 0 Å². The van der Waals surface area contributed by atoms with Crippen molar-refractivity contribution in [1.29, 1.82) is 0 Å². The van der Waals surface area contributed by atoms with Gasteiger partial charge in [-0.3, -0.25) is 10.1 Å². The number of fused-ring (bicyclic) bond motifs is 3. The first-order valence-electron chi connectivity index (χ1n) is 11.0. The van der Waals surface area contributed by atoms with Gasteiger partial charge in [0.1, 0.15) is 12.4 Å². The minimum absolute atomic E-state index is 0.0877. The average molecular weight is 427 g/mol. The Balaban J connectivity index is 1.32. The zero-order valence-electron chi connectivity index (χ0n) is 18.2. The molecule has 1 aliphatic heterocycles. The van der Waals surface area contributed by atoms with Crippen molar-refractivity contribution in [2.45, 2.75) is 38.8 Å². The number of nitro benzene ring substituents is 1. The number of hydrogen-bond acceptors (Lipinski definition) is 4. The molecule has 3 aromatic carbocycles. The fraction of sp³-hybridized carbons (Fsp3) is 0.259. The van der Waals surface area contributed by atoms with Crippen molar-refractivity contribution < 1.29 is 9.66 Å². The number of hydrogen-bond donors (Lipinski definition) is 1. The number of allylic oxidation sites excluding steroid dienone is 2. The van der Waals surface area contributed by atoms with Crippen molar-refractivity contribution in [3.8, 4) is 5.75 Å². The molecule has 1 N–H and O–H groups in total. The number of nitrogens with zero attached hydrogens (tertiary/aromatic N) is 1. The van der Waals surface area contributed by atoms with Crippen LogP contribution in [0.5, 0.6) is 5.75 Å². The van der Waals surface area contributed by atoms with Crippen LogP contribution in [-0.4, -0.2) is 4.92 Å². The van der Waals surface area contributed by atoms with E-state index in [9.17, 15) is 10.1 Å². The summed E-state index contributed by atoms with van der Waals surface area (Å²) in [6.45, 7) is 4.74. The number of nitro groups is 1. The van der Waals surface area contributed by atoms with Gasteiger partial charge in [0, 0.05) is 23.7 Å². The number of aryl methyl sites for hydroxylation is 2. The second kappa shape index (κ2) is 8.15. The van der Waals surface area contributed by atoms with Gasteiger partial charge < -0.3 is 10.1 Å². The van der Waals surface area contributed by atoms with Crippen LogP contribution in [-0.2, 0) is 6.61 Å². The number of non-ortho nitro benzene ring substituents is 1. The van der Waals surface area contributed by atoms with E-state index in [0.717, 1.165) is 17.7 Å². The van der Waals surface area contributed by atoms with Crippen LogP contribution in [0, 0.1) is 29.9 Å². The minimum Gasteiger partial charge on any atom is -0.489 e. The highest BCUT2D eigenvalue weighted by Crippen LogP contribution is 2.51. The SMILES string of the molecule is Cc1cc(C)c2c(c1)N[C@@H](c1ccc(OCc3ccc([N+](=O)[O-])cc3)cc1)[C@H]1CC=C[C@@H]21. The number of nitrogens with one attached hydrogen (secondary N) is 1. The van der Waals surface area contributed by atoms with Crippen LogP contribution in [0.1, 0.15) is 46.2 Å². The lowest BCUT2D eigenvalue weighted by Gasteiger charge is -2.38. The van der Waals surface area contributed by atoms with E-state index in [2.05, 4.69) is 55.6 Å². The number of benzene rings is 3. The van der Waals surface area contributed by atoms with Gasteiger partial charge in [-0.25, -0.2) is 0 Å². The number of rotatable bonds is 5. The molecule has 1 aliphatic carbocycles. The molecule has 0 aromatic heterocycles. The molecule has 5 heteroatoms. The highest BCUT2D eigenvalue weighted by atomic mass is 16.6. The summed E-state index contributed by atoms with van der Waals surface area (Å²) in [4.78, 5) is 10.4. The van der Waals surface area contributed by atoms with Gasteiger partial charge in [0.25, 0.3) is 5.69 Å². The van der Waals surface area contributed by atoms with Crippen molar-refractivity contribution >= 4 is 11.4 Å². The Kier molecular flexibility index (Phi) is 5.17. The predicted octanol–water partition coefficient (Wildman–Crippen LogP) is 6.62. The molecular formula is C27H26N2O3. The van der Waals surface area contributed by atoms with E-state index in [4.69, 9.17) is 4.74 Å². The van der Waals surface area contributed by atoms with Gasteiger partial charge in [-0.05, 0) is 84.3 Å². The van der Waals surface area contributed by atoms with Gasteiger partial charge in [0.2, 0.25) is 0 Å². The van der Waals surface area contributed by atoms with E-state index in [1.54, 1.807) is 12.1 Å². The first-order chi connectivity index (χ1) is 15.5. The lowest BCUT2D eigenvalue weighted by atomic mass is 9.75. The normalized spacial score (nSPS) is 20.9. The second-order valence-corrected chi connectivity index (χ2v) is 8.80. The molecule has 2 aliphatic rings. The molecule has 0 saturated carbocycles. The summed E-state index contributed by atoms with van der Waals surface area (Å²) >= 11 is 0. The molecule has 1 heterocycles. The Morgan fingerprint density at radius 1 is 1.06 bits per heavy atom. The zero-order chi connectivity index (χ0) is 22.2. The second-order valence-electron chi connectivity index (χ2n) is 8.80. The topological polar surface area (TPSA) is 64.4 Å². The maximum absolute atomic E-state index is 10.8. The van der Waals surface area contributed by atoms with Gasteiger partial charge in [-0.2, -0.15) is 0 Å². The smallest absolute Gasteiger partial charge is 0.269 e. The average Bonchev–Trinajstić information content (AvgIpc) is 3.27. The van der Waals surface area contributed by atoms with Crippen LogP contribution >= 0.6 is 0 Å². The molecule has 3 aromatic rings. The van der Waals surface area contributed by atoms with E-state index < -0.39 is 4.92 Å². The number of ether oxygens (including phenoxy) is 1. The largest absolute Gasteiger partial charge is 0.489 e.